The summed E-state index contributed by atoms with van der Waals surface area (Å²) in [6, 6.07) is 35.1. The molecule has 3 atom stereocenters. The molecule has 5 aromatic carbocycles. The van der Waals surface area contributed by atoms with Crippen molar-refractivity contribution in [3.63, 3.8) is 0 Å². The van der Waals surface area contributed by atoms with Crippen LogP contribution in [0.2, 0.25) is 5.02 Å². The molecule has 438 valence electrons. The summed E-state index contributed by atoms with van der Waals surface area (Å²) in [5, 5.41) is -0.358. The standard InChI is InChI=1S/C64H65ClF4N8O7/c1-39-32-52(74(33-41-9-19-47(78-3)20-10-41)34-42-11-21-48(79-4)22-12-42)71-58(55(39)64(67,68)69)53-56(65)60-54-59(57(53)66)72-63(84-38-46-18-17-45-37-82-30-28-77(45)46)73-62(54)76(29-31-83-60)40(2)51-8-7-27-70-61(51)75(35-43-13-23-49(80-5)24-14-43)36-44-15-25-50(81-6)26-16-44/h7-16,19-27,32,40,45-46H,17-18,28-31,33-38H2,1-6H3/t40-,45+,46?/m1/s1. The molecular formula is C64H65ClF4N8O7. The van der Waals surface area contributed by atoms with Gasteiger partial charge in [-0.05, 0) is 115 Å². The Labute approximate surface area is 490 Å². The number of benzene rings is 5. The molecular weight excluding hydrogens is 1100 g/mol. The number of halogens is 5. The van der Waals surface area contributed by atoms with Crippen LogP contribution >= 0.6 is 11.6 Å². The van der Waals surface area contributed by atoms with Crippen LogP contribution in [0.3, 0.4) is 0 Å². The van der Waals surface area contributed by atoms with Crippen LogP contribution in [0.25, 0.3) is 22.2 Å². The molecule has 3 aliphatic rings. The Kier molecular flexibility index (Phi) is 17.2. The molecule has 0 aliphatic carbocycles. The van der Waals surface area contributed by atoms with Gasteiger partial charge < -0.3 is 47.9 Å². The van der Waals surface area contributed by atoms with Gasteiger partial charge in [0.1, 0.15) is 59.2 Å². The largest absolute Gasteiger partial charge is 0.497 e. The summed E-state index contributed by atoms with van der Waals surface area (Å²) in [4.78, 5) is 28.0. The first-order valence-corrected chi connectivity index (χ1v) is 28.2. The molecule has 2 fully saturated rings. The Morgan fingerprint density at radius 1 is 0.714 bits per heavy atom. The summed E-state index contributed by atoms with van der Waals surface area (Å²) < 4.78 is 107. The van der Waals surface area contributed by atoms with Crippen LogP contribution in [0, 0.1) is 12.7 Å². The van der Waals surface area contributed by atoms with Gasteiger partial charge in [-0.25, -0.2) is 14.4 Å². The van der Waals surface area contributed by atoms with E-state index in [2.05, 4.69) is 9.80 Å². The fourth-order valence-electron chi connectivity index (χ4n) is 11.6. The number of ether oxygens (including phenoxy) is 7. The van der Waals surface area contributed by atoms with Crippen LogP contribution in [0.5, 0.6) is 34.8 Å². The third kappa shape index (κ3) is 12.1. The van der Waals surface area contributed by atoms with Gasteiger partial charge in [0.2, 0.25) is 0 Å². The second-order valence-corrected chi connectivity index (χ2v) is 21.5. The fourth-order valence-corrected chi connectivity index (χ4v) is 12.0. The minimum atomic E-state index is -5.02. The highest BCUT2D eigenvalue weighted by atomic mass is 35.5. The van der Waals surface area contributed by atoms with Gasteiger partial charge in [0.05, 0.1) is 81.5 Å². The van der Waals surface area contributed by atoms with Crippen molar-refractivity contribution in [2.24, 2.45) is 0 Å². The molecule has 84 heavy (non-hydrogen) atoms. The van der Waals surface area contributed by atoms with Gasteiger partial charge in [0.15, 0.2) is 11.6 Å². The van der Waals surface area contributed by atoms with Gasteiger partial charge >= 0.3 is 12.2 Å². The fraction of sp³-hybridized carbons (Fsp3) is 0.344. The smallest absolute Gasteiger partial charge is 0.418 e. The van der Waals surface area contributed by atoms with E-state index in [4.69, 9.17) is 64.7 Å². The van der Waals surface area contributed by atoms with E-state index in [1.807, 2.05) is 102 Å². The number of rotatable bonds is 20. The maximum Gasteiger partial charge on any atom is 0.418 e. The summed E-state index contributed by atoms with van der Waals surface area (Å²) in [5.74, 6) is 2.48. The number of methoxy groups -OCH3 is 4. The second-order valence-electron chi connectivity index (χ2n) is 21.2. The zero-order valence-electron chi connectivity index (χ0n) is 47.6. The van der Waals surface area contributed by atoms with Crippen molar-refractivity contribution >= 4 is 40.0 Å². The van der Waals surface area contributed by atoms with Crippen molar-refractivity contribution in [2.45, 2.75) is 77.2 Å². The average Bonchev–Trinajstić information content (AvgIpc) is 1.90. The predicted molar refractivity (Wildman–Crippen MR) is 315 cm³/mol. The van der Waals surface area contributed by atoms with Crippen molar-refractivity contribution in [1.82, 2.24) is 24.8 Å². The first kappa shape index (κ1) is 57.7. The number of aryl methyl sites for hydroxylation is 1. The Hall–Kier alpha value is -8.13. The van der Waals surface area contributed by atoms with E-state index in [9.17, 15) is 0 Å². The SMILES string of the molecule is COc1ccc(CN(Cc2ccc(OC)cc2)c2cc(C)c(C(F)(F)F)c(-c3c(Cl)c4c5c(nc(OCC6CC[C@H]7COCCN67)nc5c3F)N([C@H](C)c3cccnc3N(Cc3ccc(OC)cc3)Cc3ccc(OC)cc3)CCO4)n2)cc1. The van der Waals surface area contributed by atoms with Gasteiger partial charge in [0, 0.05) is 56.6 Å². The summed E-state index contributed by atoms with van der Waals surface area (Å²) in [7, 11) is 6.38. The van der Waals surface area contributed by atoms with Gasteiger partial charge in [-0.2, -0.15) is 23.1 Å². The van der Waals surface area contributed by atoms with Gasteiger partial charge in [-0.1, -0.05) is 66.2 Å². The van der Waals surface area contributed by atoms with E-state index in [0.717, 1.165) is 58.7 Å². The third-order valence-corrected chi connectivity index (χ3v) is 16.3. The number of alkyl halides is 3. The molecule has 0 bridgehead atoms. The van der Waals surface area contributed by atoms with Gasteiger partial charge in [-0.3, -0.25) is 4.90 Å². The quantitative estimate of drug-likeness (QED) is 0.0671. The molecule has 11 rings (SSSR count). The lowest BCUT2D eigenvalue weighted by atomic mass is 9.98. The lowest BCUT2D eigenvalue weighted by Gasteiger charge is -2.34. The molecule has 6 heterocycles. The number of aromatic nitrogens is 4. The van der Waals surface area contributed by atoms with Crippen LogP contribution in [-0.2, 0) is 37.1 Å². The second kappa shape index (κ2) is 25.0. The molecule has 8 aromatic rings. The van der Waals surface area contributed by atoms with E-state index in [1.165, 1.54) is 13.0 Å². The lowest BCUT2D eigenvalue weighted by molar-refractivity contribution is -0.137. The van der Waals surface area contributed by atoms with Crippen LogP contribution in [0.15, 0.2) is 121 Å². The molecule has 0 N–H and O–H groups in total. The van der Waals surface area contributed by atoms with E-state index < -0.39 is 39.9 Å². The molecule has 3 aromatic heterocycles. The molecule has 2 saturated heterocycles. The lowest BCUT2D eigenvalue weighted by Crippen LogP contribution is -2.46. The number of anilines is 3. The van der Waals surface area contributed by atoms with E-state index in [1.54, 1.807) is 58.9 Å². The Morgan fingerprint density at radius 2 is 1.27 bits per heavy atom. The van der Waals surface area contributed by atoms with Crippen molar-refractivity contribution in [1.29, 1.82) is 0 Å². The number of morpholine rings is 1. The minimum absolute atomic E-state index is 0.0137. The summed E-state index contributed by atoms with van der Waals surface area (Å²) >= 11 is 7.42. The van der Waals surface area contributed by atoms with Crippen molar-refractivity contribution < 1.29 is 50.7 Å². The Balaban J connectivity index is 1.06. The molecule has 20 heteroatoms. The monoisotopic (exact) mass is 1170 g/mol. The first-order chi connectivity index (χ1) is 40.7. The average molecular weight is 1170 g/mol. The molecule has 0 amide bonds. The van der Waals surface area contributed by atoms with Crippen LogP contribution in [-0.4, -0.2) is 105 Å². The zero-order valence-corrected chi connectivity index (χ0v) is 48.3. The number of nitrogens with zero attached hydrogens (tertiary/aromatic N) is 8. The topological polar surface area (TPSA) is 129 Å². The van der Waals surface area contributed by atoms with Crippen LogP contribution in [0.1, 0.15) is 64.8 Å². The number of fused-ring (bicyclic) bond motifs is 1. The van der Waals surface area contributed by atoms with Gasteiger partial charge in [-0.15, -0.1) is 0 Å². The molecule has 0 saturated carbocycles. The first-order valence-electron chi connectivity index (χ1n) is 27.9. The normalized spacial score (nSPS) is 16.3. The molecule has 15 nitrogen and oxygen atoms in total. The highest BCUT2D eigenvalue weighted by Gasteiger charge is 2.42. The third-order valence-electron chi connectivity index (χ3n) is 16.0. The van der Waals surface area contributed by atoms with Crippen LogP contribution < -0.4 is 43.1 Å². The summed E-state index contributed by atoms with van der Waals surface area (Å²) in [6.07, 6.45) is -1.54. The van der Waals surface area contributed by atoms with Crippen molar-refractivity contribution in [3.8, 4) is 46.0 Å². The maximum atomic E-state index is 18.6. The number of hydrogen-bond acceptors (Lipinski definition) is 15. The van der Waals surface area contributed by atoms with E-state index in [-0.39, 0.29) is 84.8 Å². The molecule has 1 unspecified atom stereocenters. The maximum absolute atomic E-state index is 18.6. The number of pyridine rings is 2. The minimum Gasteiger partial charge on any atom is -0.497 e. The summed E-state index contributed by atoms with van der Waals surface area (Å²) in [6.45, 7) is 6.87. The Bertz CT molecular complexity index is 3500. The molecule has 0 radical (unpaired) electrons. The predicted octanol–water partition coefficient (Wildman–Crippen LogP) is 12.9. The van der Waals surface area contributed by atoms with Crippen molar-refractivity contribution in [3.05, 3.63) is 171 Å². The highest BCUT2D eigenvalue weighted by molar-refractivity contribution is 6.36. The molecule has 3 aliphatic heterocycles. The van der Waals surface area contributed by atoms with Crippen molar-refractivity contribution in [2.75, 3.05) is 82.7 Å². The highest BCUT2D eigenvalue weighted by Crippen LogP contribution is 2.52. The van der Waals surface area contributed by atoms with E-state index in [0.29, 0.717) is 43.6 Å². The number of hydrogen-bond donors (Lipinski definition) is 0. The molecule has 0 spiro atoms. The zero-order chi connectivity index (χ0) is 58.6. The van der Waals surface area contributed by atoms with Gasteiger partial charge in [0.25, 0.3) is 0 Å². The van der Waals surface area contributed by atoms with E-state index >= 15 is 17.6 Å². The Morgan fingerprint density at radius 3 is 1.82 bits per heavy atom. The summed E-state index contributed by atoms with van der Waals surface area (Å²) in [5.41, 5.74) is 1.35. The van der Waals surface area contributed by atoms with Crippen LogP contribution in [0.4, 0.5) is 35.0 Å².